The highest BCUT2D eigenvalue weighted by molar-refractivity contribution is 8.26. The lowest BCUT2D eigenvalue weighted by atomic mass is 10.2. The molecule has 0 N–H and O–H groups in total. The summed E-state index contributed by atoms with van der Waals surface area (Å²) in [6, 6.07) is 9.03. The second kappa shape index (κ2) is 9.70. The van der Waals surface area contributed by atoms with Crippen molar-refractivity contribution >= 4 is 51.7 Å². The third-order valence-corrected chi connectivity index (χ3v) is 6.46. The highest BCUT2D eigenvalue weighted by Crippen LogP contribution is 2.34. The minimum Gasteiger partial charge on any atom is -0.467 e. The molecular formula is C23H24N4O3S2. The first-order valence-corrected chi connectivity index (χ1v) is 11.8. The molecule has 3 aromatic heterocycles. The third-order valence-electron chi connectivity index (χ3n) is 5.08. The molecule has 3 aromatic rings. The predicted molar refractivity (Wildman–Crippen MR) is 132 cm³/mol. The molecule has 9 heteroatoms. The molecule has 1 fully saturated rings. The maximum Gasteiger partial charge on any atom is 0.267 e. The molecule has 0 saturated carbocycles. The average molecular weight is 469 g/mol. The molecule has 166 valence electrons. The number of fused-ring (bicyclic) bond motifs is 1. The highest BCUT2D eigenvalue weighted by atomic mass is 32.2. The van der Waals surface area contributed by atoms with Gasteiger partial charge in [0.25, 0.3) is 11.5 Å². The van der Waals surface area contributed by atoms with Crippen molar-refractivity contribution in [2.75, 3.05) is 18.0 Å². The van der Waals surface area contributed by atoms with Crippen LogP contribution < -0.4 is 10.5 Å². The normalized spacial score (nSPS) is 15.3. The van der Waals surface area contributed by atoms with Gasteiger partial charge < -0.3 is 9.32 Å². The summed E-state index contributed by atoms with van der Waals surface area (Å²) in [5, 5.41) is 0. The topological polar surface area (TPSA) is 71.1 Å². The number of amides is 1. The van der Waals surface area contributed by atoms with Gasteiger partial charge in [-0.1, -0.05) is 43.9 Å². The molecule has 1 amide bonds. The van der Waals surface area contributed by atoms with E-state index in [0.717, 1.165) is 25.9 Å². The molecule has 0 aliphatic carbocycles. The van der Waals surface area contributed by atoms with Crippen molar-refractivity contribution in [1.82, 2.24) is 14.3 Å². The van der Waals surface area contributed by atoms with Crippen molar-refractivity contribution in [3.63, 3.8) is 0 Å². The maximum absolute atomic E-state index is 13.4. The average Bonchev–Trinajstić information content (AvgIpc) is 3.39. The van der Waals surface area contributed by atoms with Crippen molar-refractivity contribution in [3.05, 3.63) is 69.4 Å². The quantitative estimate of drug-likeness (QED) is 0.360. The fourth-order valence-corrected chi connectivity index (χ4v) is 4.88. The first-order chi connectivity index (χ1) is 15.5. The van der Waals surface area contributed by atoms with Crippen LogP contribution in [-0.4, -0.2) is 37.6 Å². The summed E-state index contributed by atoms with van der Waals surface area (Å²) in [7, 11) is 0. The Kier molecular flexibility index (Phi) is 6.76. The molecule has 4 heterocycles. The number of furan rings is 1. The Labute approximate surface area is 195 Å². The van der Waals surface area contributed by atoms with Gasteiger partial charge in [-0.25, -0.2) is 4.98 Å². The van der Waals surface area contributed by atoms with Crippen molar-refractivity contribution in [3.8, 4) is 0 Å². The minimum atomic E-state index is -0.238. The van der Waals surface area contributed by atoms with E-state index in [1.54, 1.807) is 36.7 Å². The van der Waals surface area contributed by atoms with E-state index in [1.807, 2.05) is 12.1 Å². The zero-order valence-corrected chi connectivity index (χ0v) is 19.6. The summed E-state index contributed by atoms with van der Waals surface area (Å²) in [4.78, 5) is 35.4. The van der Waals surface area contributed by atoms with E-state index < -0.39 is 0 Å². The van der Waals surface area contributed by atoms with Gasteiger partial charge in [0.05, 0.1) is 23.3 Å². The Balaban J connectivity index is 1.80. The number of aromatic nitrogens is 2. The van der Waals surface area contributed by atoms with Crippen molar-refractivity contribution < 1.29 is 9.21 Å². The van der Waals surface area contributed by atoms with Gasteiger partial charge in [-0.2, -0.15) is 0 Å². The Morgan fingerprint density at radius 1 is 1.16 bits per heavy atom. The van der Waals surface area contributed by atoms with Crippen LogP contribution >= 0.6 is 24.0 Å². The number of nitrogens with zero attached hydrogens (tertiary/aromatic N) is 4. The van der Waals surface area contributed by atoms with Crippen molar-refractivity contribution in [2.45, 2.75) is 33.2 Å². The SMILES string of the molecule is CCCN(CCC)c1nc2ccccn2c(=O)c1C=C1SC(=S)N(Cc2ccco2)C1=O. The zero-order valence-electron chi connectivity index (χ0n) is 18.0. The van der Waals surface area contributed by atoms with Gasteiger partial charge in [-0.15, -0.1) is 0 Å². The maximum atomic E-state index is 13.4. The second-order valence-electron chi connectivity index (χ2n) is 7.42. The lowest BCUT2D eigenvalue weighted by Gasteiger charge is -2.24. The van der Waals surface area contributed by atoms with Crippen LogP contribution in [0.5, 0.6) is 0 Å². The monoisotopic (exact) mass is 468 g/mol. The smallest absolute Gasteiger partial charge is 0.267 e. The number of rotatable bonds is 8. The van der Waals surface area contributed by atoms with Crippen LogP contribution in [0.4, 0.5) is 5.82 Å². The minimum absolute atomic E-state index is 0.209. The molecule has 0 bridgehead atoms. The second-order valence-corrected chi connectivity index (χ2v) is 9.09. The number of pyridine rings is 1. The fourth-order valence-electron chi connectivity index (χ4n) is 3.65. The summed E-state index contributed by atoms with van der Waals surface area (Å²) < 4.78 is 7.31. The summed E-state index contributed by atoms with van der Waals surface area (Å²) in [5.74, 6) is 1.01. The number of thiocarbonyl (C=S) groups is 1. The number of hydrogen-bond donors (Lipinski definition) is 0. The summed E-state index contributed by atoms with van der Waals surface area (Å²) in [6.45, 7) is 5.98. The van der Waals surface area contributed by atoms with Gasteiger partial charge in [-0.05, 0) is 43.2 Å². The first kappa shape index (κ1) is 22.3. The highest BCUT2D eigenvalue weighted by Gasteiger charge is 2.33. The van der Waals surface area contributed by atoms with Gasteiger partial charge in [0.15, 0.2) is 0 Å². The summed E-state index contributed by atoms with van der Waals surface area (Å²) in [5.41, 5.74) is 0.764. The van der Waals surface area contributed by atoms with Crippen LogP contribution in [0.15, 0.2) is 56.9 Å². The molecule has 0 atom stereocenters. The van der Waals surface area contributed by atoms with Gasteiger partial charge in [0, 0.05) is 19.3 Å². The molecule has 0 radical (unpaired) electrons. The van der Waals surface area contributed by atoms with Crippen LogP contribution in [0.2, 0.25) is 0 Å². The number of carbonyl (C=O) groups is 1. The number of carbonyl (C=O) groups excluding carboxylic acids is 1. The molecule has 1 aliphatic rings. The summed E-state index contributed by atoms with van der Waals surface area (Å²) >= 11 is 6.63. The van der Waals surface area contributed by atoms with Crippen LogP contribution in [0.3, 0.4) is 0 Å². The van der Waals surface area contributed by atoms with E-state index in [1.165, 1.54) is 21.1 Å². The molecule has 0 unspecified atom stereocenters. The predicted octanol–water partition coefficient (Wildman–Crippen LogP) is 4.32. The molecule has 1 aliphatic heterocycles. The molecule has 7 nitrogen and oxygen atoms in total. The van der Waals surface area contributed by atoms with E-state index in [4.69, 9.17) is 21.6 Å². The Hall–Kier alpha value is -2.91. The van der Waals surface area contributed by atoms with Gasteiger partial charge in [-0.3, -0.25) is 18.9 Å². The van der Waals surface area contributed by atoms with Crippen molar-refractivity contribution in [1.29, 1.82) is 0 Å². The van der Waals surface area contributed by atoms with Crippen LogP contribution in [-0.2, 0) is 11.3 Å². The lowest BCUT2D eigenvalue weighted by molar-refractivity contribution is -0.122. The molecule has 0 spiro atoms. The Bertz CT molecular complexity index is 1230. The van der Waals surface area contributed by atoms with Crippen LogP contribution in [0.25, 0.3) is 11.7 Å². The number of hydrogen-bond acceptors (Lipinski definition) is 7. The van der Waals surface area contributed by atoms with E-state index >= 15 is 0 Å². The van der Waals surface area contributed by atoms with Crippen LogP contribution in [0, 0.1) is 0 Å². The Morgan fingerprint density at radius 2 is 1.94 bits per heavy atom. The zero-order chi connectivity index (χ0) is 22.7. The number of anilines is 1. The molecule has 0 aromatic carbocycles. The molecule has 4 rings (SSSR count). The summed E-state index contributed by atoms with van der Waals surface area (Å²) in [6.07, 6.45) is 6.73. The van der Waals surface area contributed by atoms with Crippen molar-refractivity contribution in [2.24, 2.45) is 0 Å². The van der Waals surface area contributed by atoms with Gasteiger partial charge in [0.1, 0.15) is 21.5 Å². The molecule has 32 heavy (non-hydrogen) atoms. The number of thioether (sulfide) groups is 1. The first-order valence-electron chi connectivity index (χ1n) is 10.6. The fraction of sp³-hybridized carbons (Fsp3) is 0.304. The Morgan fingerprint density at radius 3 is 2.62 bits per heavy atom. The molecule has 1 saturated heterocycles. The van der Waals surface area contributed by atoms with Crippen LogP contribution in [0.1, 0.15) is 38.0 Å². The third kappa shape index (κ3) is 4.35. The van der Waals surface area contributed by atoms with E-state index in [2.05, 4.69) is 18.7 Å². The van der Waals surface area contributed by atoms with E-state index in [0.29, 0.717) is 32.0 Å². The van der Waals surface area contributed by atoms with Gasteiger partial charge in [0.2, 0.25) is 0 Å². The molecular weight excluding hydrogens is 444 g/mol. The van der Waals surface area contributed by atoms with E-state index in [9.17, 15) is 9.59 Å². The standard InChI is InChI=1S/C23H24N4O3S2/c1-3-10-25(11-4-2)20-17(21(28)26-12-6-5-9-19(26)24-20)14-18-22(29)27(23(31)32-18)15-16-8-7-13-30-16/h5-9,12-14H,3-4,10-11,15H2,1-2H3. The van der Waals surface area contributed by atoms with E-state index in [-0.39, 0.29) is 18.0 Å². The van der Waals surface area contributed by atoms with Gasteiger partial charge >= 0.3 is 0 Å². The largest absolute Gasteiger partial charge is 0.467 e. The lowest BCUT2D eigenvalue weighted by Crippen LogP contribution is -2.31.